The quantitative estimate of drug-likeness (QED) is 0.498. The molecule has 0 aliphatic heterocycles. The van der Waals surface area contributed by atoms with Gasteiger partial charge in [0.05, 0.1) is 16.5 Å². The first-order chi connectivity index (χ1) is 14.9. The molecule has 1 N–H and O–H groups in total. The van der Waals surface area contributed by atoms with E-state index in [0.29, 0.717) is 21.5 Å². The van der Waals surface area contributed by atoms with Crippen molar-refractivity contribution >= 4 is 46.6 Å². The fraction of sp³-hybridized carbons (Fsp3) is 0.417. The summed E-state index contributed by atoms with van der Waals surface area (Å²) in [4.78, 5) is 28.1. The summed E-state index contributed by atoms with van der Waals surface area (Å²) in [6, 6.07) is 12.1. The van der Waals surface area contributed by atoms with Crippen molar-refractivity contribution in [1.29, 1.82) is 0 Å². The molecular formula is C24H27Cl3N2O2. The standard InChI is InChI=1S/C24H27Cl3N2O2/c1-2-22(24(31)28-19-8-3-4-9-19)29(15-17-10-11-20(26)21(27)13-17)23(30)14-16-6-5-7-18(25)12-16/h5-7,10-13,19,22H,2-4,8-9,14-15H2,1H3,(H,28,31)/t22-/m1/s1. The Kier molecular flexibility index (Phi) is 8.65. The van der Waals surface area contributed by atoms with Gasteiger partial charge in [0.2, 0.25) is 11.8 Å². The van der Waals surface area contributed by atoms with Crippen LogP contribution in [0.4, 0.5) is 0 Å². The van der Waals surface area contributed by atoms with Crippen LogP contribution in [-0.4, -0.2) is 28.8 Å². The van der Waals surface area contributed by atoms with Crippen LogP contribution >= 0.6 is 34.8 Å². The summed E-state index contributed by atoms with van der Waals surface area (Å²) in [6.45, 7) is 2.19. The highest BCUT2D eigenvalue weighted by atomic mass is 35.5. The van der Waals surface area contributed by atoms with Crippen LogP contribution < -0.4 is 5.32 Å². The third-order valence-electron chi connectivity index (χ3n) is 5.67. The van der Waals surface area contributed by atoms with E-state index < -0.39 is 6.04 Å². The number of carbonyl (C=O) groups excluding carboxylic acids is 2. The number of amides is 2. The minimum Gasteiger partial charge on any atom is -0.352 e. The molecule has 0 saturated heterocycles. The Labute approximate surface area is 198 Å². The number of hydrogen-bond acceptors (Lipinski definition) is 2. The van der Waals surface area contributed by atoms with Gasteiger partial charge in [0.1, 0.15) is 6.04 Å². The molecule has 1 fully saturated rings. The average molecular weight is 482 g/mol. The fourth-order valence-corrected chi connectivity index (χ4v) is 4.58. The summed E-state index contributed by atoms with van der Waals surface area (Å²) in [5, 5.41) is 4.59. The summed E-state index contributed by atoms with van der Waals surface area (Å²) >= 11 is 18.3. The molecule has 2 aromatic carbocycles. The average Bonchev–Trinajstić information content (AvgIpc) is 3.23. The van der Waals surface area contributed by atoms with Crippen LogP contribution in [0.1, 0.15) is 50.2 Å². The molecule has 2 aromatic rings. The monoisotopic (exact) mass is 480 g/mol. The maximum absolute atomic E-state index is 13.4. The van der Waals surface area contributed by atoms with Crippen molar-refractivity contribution in [3.05, 3.63) is 68.7 Å². The van der Waals surface area contributed by atoms with Gasteiger partial charge in [-0.1, -0.05) is 72.8 Å². The van der Waals surface area contributed by atoms with Gasteiger partial charge in [0.25, 0.3) is 0 Å². The lowest BCUT2D eigenvalue weighted by Gasteiger charge is -2.31. The zero-order valence-corrected chi connectivity index (χ0v) is 19.8. The van der Waals surface area contributed by atoms with E-state index in [9.17, 15) is 9.59 Å². The van der Waals surface area contributed by atoms with Crippen molar-refractivity contribution in [2.24, 2.45) is 0 Å². The Morgan fingerprint density at radius 1 is 1.03 bits per heavy atom. The molecule has 0 aromatic heterocycles. The third-order valence-corrected chi connectivity index (χ3v) is 6.64. The lowest BCUT2D eigenvalue weighted by molar-refractivity contribution is -0.141. The number of benzene rings is 2. The van der Waals surface area contributed by atoms with E-state index in [1.165, 1.54) is 0 Å². The van der Waals surface area contributed by atoms with E-state index in [2.05, 4.69) is 5.32 Å². The van der Waals surface area contributed by atoms with Crippen molar-refractivity contribution in [1.82, 2.24) is 10.2 Å². The Morgan fingerprint density at radius 2 is 1.77 bits per heavy atom. The number of nitrogens with one attached hydrogen (secondary N) is 1. The van der Waals surface area contributed by atoms with Crippen LogP contribution in [0.25, 0.3) is 0 Å². The maximum Gasteiger partial charge on any atom is 0.243 e. The topological polar surface area (TPSA) is 49.4 Å². The second kappa shape index (κ2) is 11.2. The predicted molar refractivity (Wildman–Crippen MR) is 127 cm³/mol. The smallest absolute Gasteiger partial charge is 0.243 e. The number of rotatable bonds is 8. The highest BCUT2D eigenvalue weighted by Crippen LogP contribution is 2.25. The van der Waals surface area contributed by atoms with Gasteiger partial charge in [-0.05, 0) is 54.7 Å². The molecule has 2 amide bonds. The van der Waals surface area contributed by atoms with E-state index in [1.54, 1.807) is 29.2 Å². The second-order valence-electron chi connectivity index (χ2n) is 7.99. The van der Waals surface area contributed by atoms with Crippen molar-refractivity contribution in [2.45, 2.75) is 64.1 Å². The first kappa shape index (κ1) is 23.9. The summed E-state index contributed by atoms with van der Waals surface area (Å²) in [6.07, 6.45) is 4.91. The highest BCUT2D eigenvalue weighted by molar-refractivity contribution is 6.42. The Morgan fingerprint density at radius 3 is 2.42 bits per heavy atom. The van der Waals surface area contributed by atoms with Gasteiger partial charge in [0, 0.05) is 17.6 Å². The minimum atomic E-state index is -0.568. The van der Waals surface area contributed by atoms with E-state index >= 15 is 0 Å². The van der Waals surface area contributed by atoms with Crippen LogP contribution in [0.5, 0.6) is 0 Å². The largest absolute Gasteiger partial charge is 0.352 e. The fourth-order valence-electron chi connectivity index (χ4n) is 4.04. The first-order valence-corrected chi connectivity index (χ1v) is 11.8. The number of hydrogen-bond donors (Lipinski definition) is 1. The summed E-state index contributed by atoms with van der Waals surface area (Å²) < 4.78 is 0. The van der Waals surface area contributed by atoms with Crippen molar-refractivity contribution < 1.29 is 9.59 Å². The Bertz CT molecular complexity index is 929. The van der Waals surface area contributed by atoms with E-state index in [4.69, 9.17) is 34.8 Å². The molecule has 1 atom stereocenters. The van der Waals surface area contributed by atoms with Crippen LogP contribution in [-0.2, 0) is 22.6 Å². The second-order valence-corrected chi connectivity index (χ2v) is 9.24. The van der Waals surface area contributed by atoms with Gasteiger partial charge in [-0.3, -0.25) is 9.59 Å². The summed E-state index contributed by atoms with van der Waals surface area (Å²) in [5.74, 6) is -0.240. The van der Waals surface area contributed by atoms with E-state index in [1.807, 2.05) is 25.1 Å². The summed E-state index contributed by atoms with van der Waals surface area (Å²) in [5.41, 5.74) is 1.63. The van der Waals surface area contributed by atoms with Crippen molar-refractivity contribution in [3.63, 3.8) is 0 Å². The number of carbonyl (C=O) groups is 2. The van der Waals surface area contributed by atoms with Gasteiger partial charge < -0.3 is 10.2 Å². The molecule has 0 radical (unpaired) electrons. The lowest BCUT2D eigenvalue weighted by atomic mass is 10.1. The highest BCUT2D eigenvalue weighted by Gasteiger charge is 2.30. The maximum atomic E-state index is 13.4. The molecule has 1 aliphatic rings. The molecule has 4 nitrogen and oxygen atoms in total. The van der Waals surface area contributed by atoms with Gasteiger partial charge in [-0.2, -0.15) is 0 Å². The van der Waals surface area contributed by atoms with Crippen molar-refractivity contribution in [2.75, 3.05) is 0 Å². The molecule has 1 saturated carbocycles. The molecule has 31 heavy (non-hydrogen) atoms. The number of nitrogens with zero attached hydrogens (tertiary/aromatic N) is 1. The Balaban J connectivity index is 1.84. The van der Waals surface area contributed by atoms with E-state index in [0.717, 1.165) is 36.8 Å². The van der Waals surface area contributed by atoms with Crippen LogP contribution in [0.15, 0.2) is 42.5 Å². The first-order valence-electron chi connectivity index (χ1n) is 10.7. The molecule has 0 heterocycles. The van der Waals surface area contributed by atoms with Crippen molar-refractivity contribution in [3.8, 4) is 0 Å². The minimum absolute atomic E-state index is 0.103. The predicted octanol–water partition coefficient (Wildman–Crippen LogP) is 6.06. The van der Waals surface area contributed by atoms with Crippen LogP contribution in [0, 0.1) is 0 Å². The van der Waals surface area contributed by atoms with Gasteiger partial charge in [0.15, 0.2) is 0 Å². The van der Waals surface area contributed by atoms with Gasteiger partial charge in [-0.25, -0.2) is 0 Å². The molecule has 166 valence electrons. The molecule has 0 unspecified atom stereocenters. The molecule has 3 rings (SSSR count). The molecule has 0 spiro atoms. The molecule has 1 aliphatic carbocycles. The lowest BCUT2D eigenvalue weighted by Crippen LogP contribution is -2.51. The number of halogens is 3. The van der Waals surface area contributed by atoms with E-state index in [-0.39, 0.29) is 30.8 Å². The SMILES string of the molecule is CC[C@H](C(=O)NC1CCCC1)N(Cc1ccc(Cl)c(Cl)c1)C(=O)Cc1cccc(Cl)c1. The Hall–Kier alpha value is -1.75. The molecule has 0 bridgehead atoms. The summed E-state index contributed by atoms with van der Waals surface area (Å²) in [7, 11) is 0. The van der Waals surface area contributed by atoms with Crippen LogP contribution in [0.3, 0.4) is 0 Å². The van der Waals surface area contributed by atoms with Gasteiger partial charge >= 0.3 is 0 Å². The van der Waals surface area contributed by atoms with Crippen LogP contribution in [0.2, 0.25) is 15.1 Å². The normalized spacial score (nSPS) is 15.0. The zero-order chi connectivity index (χ0) is 22.4. The molecular weight excluding hydrogens is 455 g/mol. The third kappa shape index (κ3) is 6.61. The van der Waals surface area contributed by atoms with Gasteiger partial charge in [-0.15, -0.1) is 0 Å². The zero-order valence-electron chi connectivity index (χ0n) is 17.5. The molecule has 7 heteroatoms.